The summed E-state index contributed by atoms with van der Waals surface area (Å²) in [5, 5.41) is 15.1. The summed E-state index contributed by atoms with van der Waals surface area (Å²) >= 11 is 6.20. The van der Waals surface area contributed by atoms with Gasteiger partial charge in [0.05, 0.1) is 20.8 Å². The molecule has 2 saturated carbocycles. The lowest BCUT2D eigenvalue weighted by molar-refractivity contribution is -0.122. The van der Waals surface area contributed by atoms with Gasteiger partial charge in [-0.3, -0.25) is 9.59 Å². The third-order valence-electron chi connectivity index (χ3n) is 7.17. The Morgan fingerprint density at radius 1 is 1.08 bits per heavy atom. The lowest BCUT2D eigenvalue weighted by Gasteiger charge is -2.42. The van der Waals surface area contributed by atoms with Gasteiger partial charge in [0.1, 0.15) is 0 Å². The molecule has 2 aliphatic rings. The van der Waals surface area contributed by atoms with Gasteiger partial charge in [-0.05, 0) is 55.7 Å². The van der Waals surface area contributed by atoms with Gasteiger partial charge in [0, 0.05) is 36.9 Å². The summed E-state index contributed by atoms with van der Waals surface area (Å²) in [6.45, 7) is 1.39. The number of carbonyl (C=O) groups excluding carboxylic acids is 2. The molecule has 194 valence electrons. The number of aliphatic hydroxyl groups is 1. The number of rotatable bonds is 6. The molecule has 0 aliphatic heterocycles. The summed E-state index contributed by atoms with van der Waals surface area (Å²) in [6, 6.07) is 4.78. The summed E-state index contributed by atoms with van der Waals surface area (Å²) in [7, 11) is -4.03. The number of halogens is 4. The molecule has 2 aromatic carbocycles. The fourth-order valence-electron chi connectivity index (χ4n) is 5.29. The number of hydrogen-bond donors (Lipinski definition) is 3. The lowest BCUT2D eigenvalue weighted by atomic mass is 9.74. The zero-order valence-corrected chi connectivity index (χ0v) is 20.7. The minimum atomic E-state index is -4.03. The molecule has 3 N–H and O–H groups in total. The zero-order chi connectivity index (χ0) is 26.4. The van der Waals surface area contributed by atoms with Crippen molar-refractivity contribution in [3.8, 4) is 0 Å². The van der Waals surface area contributed by atoms with Crippen LogP contribution < -0.4 is 10.6 Å². The Kier molecular flexibility index (Phi) is 7.11. The van der Waals surface area contributed by atoms with E-state index < -0.39 is 44.0 Å². The van der Waals surface area contributed by atoms with Gasteiger partial charge in [0.2, 0.25) is 5.91 Å². The fourth-order valence-corrected chi connectivity index (χ4v) is 7.69. The number of hydrogen-bond acceptors (Lipinski definition) is 5. The van der Waals surface area contributed by atoms with Gasteiger partial charge in [0.15, 0.2) is 27.3 Å². The molecule has 4 rings (SSSR count). The second-order valence-electron chi connectivity index (χ2n) is 9.36. The van der Waals surface area contributed by atoms with Crippen LogP contribution in [0.1, 0.15) is 43.0 Å². The Morgan fingerprint density at radius 2 is 1.67 bits per heavy atom. The Labute approximate surface area is 210 Å². The first-order valence-corrected chi connectivity index (χ1v) is 13.2. The van der Waals surface area contributed by atoms with E-state index in [1.54, 1.807) is 0 Å². The normalized spacial score (nSPS) is 25.4. The van der Waals surface area contributed by atoms with Crippen molar-refractivity contribution >= 4 is 38.9 Å². The van der Waals surface area contributed by atoms with Crippen LogP contribution in [0.4, 0.5) is 18.9 Å². The molecule has 0 heterocycles. The minimum absolute atomic E-state index is 0.0470. The Morgan fingerprint density at radius 3 is 2.22 bits per heavy atom. The first-order valence-electron chi connectivity index (χ1n) is 11.3. The number of anilines is 1. The molecule has 2 aliphatic carbocycles. The van der Waals surface area contributed by atoms with Crippen LogP contribution >= 0.6 is 11.6 Å². The van der Waals surface area contributed by atoms with Crippen LogP contribution in [0.3, 0.4) is 0 Å². The maximum atomic E-state index is 13.6. The predicted molar refractivity (Wildman–Crippen MR) is 126 cm³/mol. The number of sulfone groups is 1. The monoisotopic (exact) mass is 544 g/mol. The minimum Gasteiger partial charge on any atom is -0.387 e. The molecular formula is C24H24ClF3N2O5S. The van der Waals surface area contributed by atoms with E-state index in [0.29, 0.717) is 25.0 Å². The molecular weight excluding hydrogens is 521 g/mol. The molecule has 36 heavy (non-hydrogen) atoms. The van der Waals surface area contributed by atoms with Crippen LogP contribution in [0.25, 0.3) is 0 Å². The first kappa shape index (κ1) is 26.4. The van der Waals surface area contributed by atoms with Crippen molar-refractivity contribution in [1.29, 1.82) is 0 Å². The number of amides is 2. The van der Waals surface area contributed by atoms with E-state index in [-0.39, 0.29) is 58.3 Å². The molecule has 4 atom stereocenters. The summed E-state index contributed by atoms with van der Waals surface area (Å²) in [5.41, 5.74) is -1.68. The standard InChI is InChI=1S/C24H24ClF3N2O5S/c1-12(31)29-11-24(33)14-3-4-15(24)8-17(7-14)36(34,35)21-6-13(2-5-18(21)25)23(32)30-16-9-19(26)22(28)20(27)10-16/h2,5-6,9-10,14-15,17,33H,3-4,7-8,11H2,1H3,(H,29,31)(H,30,32)/t14-,15?,17?,24?/m0/s1. The highest BCUT2D eigenvalue weighted by atomic mass is 35.5. The number of nitrogens with one attached hydrogen (secondary N) is 2. The topological polar surface area (TPSA) is 113 Å². The van der Waals surface area contributed by atoms with Crippen molar-refractivity contribution in [2.45, 2.75) is 48.4 Å². The maximum Gasteiger partial charge on any atom is 0.255 e. The highest BCUT2D eigenvalue weighted by Crippen LogP contribution is 2.52. The molecule has 0 saturated heterocycles. The van der Waals surface area contributed by atoms with Crippen LogP contribution in [0.15, 0.2) is 35.2 Å². The molecule has 2 aromatic rings. The van der Waals surface area contributed by atoms with Gasteiger partial charge in [-0.2, -0.15) is 0 Å². The third kappa shape index (κ3) is 4.83. The van der Waals surface area contributed by atoms with E-state index in [2.05, 4.69) is 10.6 Å². The smallest absolute Gasteiger partial charge is 0.255 e. The first-order chi connectivity index (χ1) is 16.8. The van der Waals surface area contributed by atoms with E-state index in [1.165, 1.54) is 19.1 Å². The largest absolute Gasteiger partial charge is 0.387 e. The van der Waals surface area contributed by atoms with Gasteiger partial charge in [-0.1, -0.05) is 11.6 Å². The van der Waals surface area contributed by atoms with Crippen molar-refractivity contribution in [2.24, 2.45) is 11.8 Å². The van der Waals surface area contributed by atoms with E-state index in [0.717, 1.165) is 6.07 Å². The SMILES string of the molecule is CC(=O)NCC1(O)C2CC[C@H]1CC(S(=O)(=O)c1cc(C(=O)Nc3cc(F)c(F)c(F)c3)ccc1Cl)C2. The van der Waals surface area contributed by atoms with Gasteiger partial charge in [-0.15, -0.1) is 0 Å². The predicted octanol–water partition coefficient (Wildman–Crippen LogP) is 3.84. The van der Waals surface area contributed by atoms with Crippen molar-refractivity contribution < 1.29 is 36.3 Å². The summed E-state index contributed by atoms with van der Waals surface area (Å²) in [5.74, 6) is -6.50. The molecule has 0 radical (unpaired) electrons. The molecule has 2 fully saturated rings. The van der Waals surface area contributed by atoms with Crippen LogP contribution in [-0.2, 0) is 14.6 Å². The molecule has 0 spiro atoms. The van der Waals surface area contributed by atoms with Crippen LogP contribution in [0.5, 0.6) is 0 Å². The van der Waals surface area contributed by atoms with E-state index in [9.17, 15) is 36.3 Å². The number of fused-ring (bicyclic) bond motifs is 2. The van der Waals surface area contributed by atoms with E-state index in [1.807, 2.05) is 0 Å². The lowest BCUT2D eigenvalue weighted by Crippen LogP contribution is -2.54. The highest BCUT2D eigenvalue weighted by molar-refractivity contribution is 7.92. The third-order valence-corrected chi connectivity index (χ3v) is 9.83. The summed E-state index contributed by atoms with van der Waals surface area (Å²) < 4.78 is 67.3. The fraction of sp³-hybridized carbons (Fsp3) is 0.417. The van der Waals surface area contributed by atoms with Crippen molar-refractivity contribution in [3.63, 3.8) is 0 Å². The van der Waals surface area contributed by atoms with Crippen molar-refractivity contribution in [3.05, 3.63) is 58.4 Å². The molecule has 0 aromatic heterocycles. The maximum absolute atomic E-state index is 13.6. The molecule has 12 heteroatoms. The summed E-state index contributed by atoms with van der Waals surface area (Å²) in [4.78, 5) is 23.7. The second-order valence-corrected chi connectivity index (χ2v) is 12.0. The van der Waals surface area contributed by atoms with Gasteiger partial charge in [-0.25, -0.2) is 21.6 Å². The quantitative estimate of drug-likeness (QED) is 0.478. The average Bonchev–Trinajstić information content (AvgIpc) is 2.97. The Bertz CT molecular complexity index is 1300. The van der Waals surface area contributed by atoms with Crippen LogP contribution in [-0.4, -0.2) is 42.7 Å². The van der Waals surface area contributed by atoms with Crippen molar-refractivity contribution in [2.75, 3.05) is 11.9 Å². The molecule has 7 nitrogen and oxygen atoms in total. The van der Waals surface area contributed by atoms with E-state index in [4.69, 9.17) is 11.6 Å². The number of carbonyl (C=O) groups is 2. The van der Waals surface area contributed by atoms with Gasteiger partial charge >= 0.3 is 0 Å². The highest BCUT2D eigenvalue weighted by Gasteiger charge is 2.55. The Balaban J connectivity index is 1.57. The van der Waals surface area contributed by atoms with E-state index >= 15 is 0 Å². The molecule has 2 amide bonds. The van der Waals surface area contributed by atoms with Crippen LogP contribution in [0.2, 0.25) is 5.02 Å². The Hall–Kier alpha value is -2.63. The average molecular weight is 545 g/mol. The van der Waals surface area contributed by atoms with Crippen LogP contribution in [0, 0.1) is 29.3 Å². The number of benzene rings is 2. The summed E-state index contributed by atoms with van der Waals surface area (Å²) in [6.07, 6.45) is 1.56. The van der Waals surface area contributed by atoms with Gasteiger partial charge < -0.3 is 15.7 Å². The second kappa shape index (κ2) is 9.68. The van der Waals surface area contributed by atoms with Gasteiger partial charge in [0.25, 0.3) is 5.91 Å². The van der Waals surface area contributed by atoms with Crippen molar-refractivity contribution in [1.82, 2.24) is 5.32 Å². The zero-order valence-electron chi connectivity index (χ0n) is 19.2. The molecule has 2 bridgehead atoms. The molecule has 3 unspecified atom stereocenters.